The molecule has 2 bridgehead atoms. The van der Waals surface area contributed by atoms with Crippen LogP contribution >= 0.6 is 0 Å². The lowest BCUT2D eigenvalue weighted by molar-refractivity contribution is -0.0899. The van der Waals surface area contributed by atoms with E-state index in [0.29, 0.717) is 30.9 Å². The minimum Gasteiger partial charge on any atom is -0.497 e. The Morgan fingerprint density at radius 3 is 2.14 bits per heavy atom. The second-order valence-electron chi connectivity index (χ2n) is 10.5. The zero-order valence-electron chi connectivity index (χ0n) is 21.4. The molecule has 3 aromatic rings. The summed E-state index contributed by atoms with van der Waals surface area (Å²) in [7, 11) is 3.22. The van der Waals surface area contributed by atoms with Gasteiger partial charge in [-0.25, -0.2) is 4.79 Å². The van der Waals surface area contributed by atoms with E-state index in [1.54, 1.807) is 20.3 Å². The van der Waals surface area contributed by atoms with Crippen LogP contribution in [0.15, 0.2) is 66.7 Å². The lowest BCUT2D eigenvalue weighted by atomic mass is 9.72. The number of amides is 1. The molecule has 2 unspecified atom stereocenters. The lowest BCUT2D eigenvalue weighted by Crippen LogP contribution is -2.59. The number of nitrogens with zero attached hydrogens (tertiary/aromatic N) is 1. The SMILES string of the molecule is COc1ccc(C2(O)CC3CCCC(C2)N3C(=O)OCC2c3ccccc3-c3ccccc32)c(OC)c1. The van der Waals surface area contributed by atoms with Crippen molar-refractivity contribution >= 4 is 6.09 Å². The van der Waals surface area contributed by atoms with Gasteiger partial charge in [0.1, 0.15) is 18.1 Å². The lowest BCUT2D eigenvalue weighted by Gasteiger charge is -2.51. The van der Waals surface area contributed by atoms with Crippen molar-refractivity contribution < 1.29 is 24.1 Å². The highest BCUT2D eigenvalue weighted by Gasteiger charge is 2.49. The van der Waals surface area contributed by atoms with Crippen LogP contribution in [0.4, 0.5) is 4.79 Å². The summed E-state index contributed by atoms with van der Waals surface area (Å²) in [6.07, 6.45) is 3.37. The highest BCUT2D eigenvalue weighted by molar-refractivity contribution is 5.79. The van der Waals surface area contributed by atoms with Crippen LogP contribution in [0.1, 0.15) is 54.7 Å². The zero-order chi connectivity index (χ0) is 25.6. The van der Waals surface area contributed by atoms with Gasteiger partial charge in [-0.05, 0) is 53.6 Å². The Hall–Kier alpha value is -3.51. The van der Waals surface area contributed by atoms with Crippen molar-refractivity contribution in [3.63, 3.8) is 0 Å². The predicted octanol–water partition coefficient (Wildman–Crippen LogP) is 5.86. The summed E-state index contributed by atoms with van der Waals surface area (Å²) in [6.45, 7) is 0.305. The summed E-state index contributed by atoms with van der Waals surface area (Å²) in [6, 6.07) is 22.1. The molecule has 2 fully saturated rings. The number of aliphatic hydroxyl groups is 1. The minimum atomic E-state index is -1.08. The Kier molecular flexibility index (Phi) is 6.07. The van der Waals surface area contributed by atoms with Gasteiger partial charge in [-0.3, -0.25) is 0 Å². The van der Waals surface area contributed by atoms with E-state index in [0.717, 1.165) is 24.8 Å². The van der Waals surface area contributed by atoms with Crippen LogP contribution in [0.25, 0.3) is 11.1 Å². The number of piperidine rings is 2. The maximum absolute atomic E-state index is 13.5. The van der Waals surface area contributed by atoms with Gasteiger partial charge >= 0.3 is 6.09 Å². The average molecular weight is 500 g/mol. The Labute approximate surface area is 217 Å². The van der Waals surface area contributed by atoms with Gasteiger partial charge < -0.3 is 24.2 Å². The van der Waals surface area contributed by atoms with E-state index in [1.807, 2.05) is 29.2 Å². The fourth-order valence-corrected chi connectivity index (χ4v) is 6.80. The van der Waals surface area contributed by atoms with Gasteiger partial charge in [0.25, 0.3) is 0 Å². The summed E-state index contributed by atoms with van der Waals surface area (Å²) in [5.41, 5.74) is 4.51. The predicted molar refractivity (Wildman–Crippen MR) is 141 cm³/mol. The molecule has 1 aliphatic carbocycles. The van der Waals surface area contributed by atoms with Crippen LogP contribution in [0.3, 0.4) is 0 Å². The molecule has 2 atom stereocenters. The summed E-state index contributed by atoms with van der Waals surface area (Å²) < 4.78 is 17.0. The molecule has 0 radical (unpaired) electrons. The first-order valence-corrected chi connectivity index (χ1v) is 13.1. The molecule has 1 amide bonds. The number of ether oxygens (including phenoxy) is 3. The maximum Gasteiger partial charge on any atom is 0.410 e. The Balaban J connectivity index is 1.21. The van der Waals surface area contributed by atoms with Crippen molar-refractivity contribution in [2.24, 2.45) is 0 Å². The molecule has 0 saturated carbocycles. The standard InChI is InChI=1S/C31H33NO5/c1-35-22-14-15-28(29(16-22)36-2)31(34)17-20-8-7-9-21(18-31)32(20)30(33)37-19-27-25-12-5-3-10-23(25)24-11-4-6-13-26(24)27/h3-6,10-16,20-21,27,34H,7-9,17-19H2,1-2H3. The molecule has 3 aliphatic rings. The molecular formula is C31H33NO5. The van der Waals surface area contributed by atoms with Crippen molar-refractivity contribution in [3.05, 3.63) is 83.4 Å². The average Bonchev–Trinajstić information content (AvgIpc) is 3.24. The number of rotatable bonds is 5. The first-order valence-electron chi connectivity index (χ1n) is 13.1. The van der Waals surface area contributed by atoms with Gasteiger partial charge in [0.15, 0.2) is 0 Å². The summed E-state index contributed by atoms with van der Waals surface area (Å²) in [5.74, 6) is 1.32. The third-order valence-corrected chi connectivity index (χ3v) is 8.47. The molecule has 2 saturated heterocycles. The molecule has 6 rings (SSSR count). The van der Waals surface area contributed by atoms with E-state index in [9.17, 15) is 9.90 Å². The van der Waals surface area contributed by atoms with Crippen molar-refractivity contribution in [2.75, 3.05) is 20.8 Å². The van der Waals surface area contributed by atoms with Crippen LogP contribution in [0.2, 0.25) is 0 Å². The highest BCUT2D eigenvalue weighted by atomic mass is 16.6. The summed E-state index contributed by atoms with van der Waals surface area (Å²) >= 11 is 0. The topological polar surface area (TPSA) is 68.2 Å². The van der Waals surface area contributed by atoms with Crippen LogP contribution in [0.5, 0.6) is 11.5 Å². The molecule has 192 valence electrons. The molecule has 2 heterocycles. The molecule has 2 aliphatic heterocycles. The number of carbonyl (C=O) groups is 1. The monoisotopic (exact) mass is 499 g/mol. The van der Waals surface area contributed by atoms with Gasteiger partial charge in [-0.15, -0.1) is 0 Å². The zero-order valence-corrected chi connectivity index (χ0v) is 21.4. The van der Waals surface area contributed by atoms with Crippen LogP contribution in [0, 0.1) is 0 Å². The summed E-state index contributed by atoms with van der Waals surface area (Å²) in [5, 5.41) is 11.8. The van der Waals surface area contributed by atoms with Crippen molar-refractivity contribution in [1.29, 1.82) is 0 Å². The third-order valence-electron chi connectivity index (χ3n) is 8.47. The van der Waals surface area contributed by atoms with Crippen LogP contribution < -0.4 is 9.47 Å². The first kappa shape index (κ1) is 23.9. The normalized spacial score (nSPS) is 24.2. The van der Waals surface area contributed by atoms with Gasteiger partial charge in [0, 0.05) is 42.5 Å². The van der Waals surface area contributed by atoms with E-state index in [2.05, 4.69) is 36.4 Å². The Morgan fingerprint density at radius 2 is 1.54 bits per heavy atom. The van der Waals surface area contributed by atoms with Crippen molar-refractivity contribution in [3.8, 4) is 22.6 Å². The molecular weight excluding hydrogens is 466 g/mol. The number of methoxy groups -OCH3 is 2. The highest BCUT2D eigenvalue weighted by Crippen LogP contribution is 2.48. The summed E-state index contributed by atoms with van der Waals surface area (Å²) in [4.78, 5) is 15.4. The van der Waals surface area contributed by atoms with E-state index >= 15 is 0 Å². The van der Waals surface area contributed by atoms with Crippen LogP contribution in [-0.4, -0.2) is 49.0 Å². The Morgan fingerprint density at radius 1 is 0.919 bits per heavy atom. The molecule has 37 heavy (non-hydrogen) atoms. The Bertz CT molecular complexity index is 1260. The molecule has 6 heteroatoms. The van der Waals surface area contributed by atoms with Gasteiger partial charge in [0.2, 0.25) is 0 Å². The molecule has 0 aromatic heterocycles. The number of carbonyl (C=O) groups excluding carboxylic acids is 1. The third kappa shape index (κ3) is 4.04. The fraction of sp³-hybridized carbons (Fsp3) is 0.387. The van der Waals surface area contributed by atoms with Crippen molar-refractivity contribution in [1.82, 2.24) is 4.90 Å². The second kappa shape index (κ2) is 9.42. The van der Waals surface area contributed by atoms with E-state index in [1.165, 1.54) is 22.3 Å². The van der Waals surface area contributed by atoms with E-state index < -0.39 is 5.60 Å². The number of fused-ring (bicyclic) bond motifs is 5. The quantitative estimate of drug-likeness (QED) is 0.476. The van der Waals surface area contributed by atoms with Gasteiger partial charge in [-0.2, -0.15) is 0 Å². The fourth-order valence-electron chi connectivity index (χ4n) is 6.80. The number of hydrogen-bond donors (Lipinski definition) is 1. The van der Waals surface area contributed by atoms with E-state index in [-0.39, 0.29) is 24.1 Å². The van der Waals surface area contributed by atoms with Crippen LogP contribution in [-0.2, 0) is 10.3 Å². The first-order chi connectivity index (χ1) is 18.0. The molecule has 6 nitrogen and oxygen atoms in total. The largest absolute Gasteiger partial charge is 0.497 e. The van der Waals surface area contributed by atoms with Gasteiger partial charge in [-0.1, -0.05) is 48.5 Å². The number of benzene rings is 3. The van der Waals surface area contributed by atoms with Crippen molar-refractivity contribution in [2.45, 2.75) is 55.7 Å². The molecule has 0 spiro atoms. The smallest absolute Gasteiger partial charge is 0.410 e. The minimum absolute atomic E-state index is 0.0291. The maximum atomic E-state index is 13.5. The molecule has 3 aromatic carbocycles. The molecule has 1 N–H and O–H groups in total. The van der Waals surface area contributed by atoms with E-state index in [4.69, 9.17) is 14.2 Å². The second-order valence-corrected chi connectivity index (χ2v) is 10.5. The number of hydrogen-bond acceptors (Lipinski definition) is 5. The van der Waals surface area contributed by atoms with Gasteiger partial charge in [0.05, 0.1) is 19.8 Å².